The number of fused-ring (bicyclic) bond motifs is 1. The second-order valence-electron chi connectivity index (χ2n) is 4.19. The molecular formula is C12H15ClN2S. The number of nitrogens with zero attached hydrogens (tertiary/aromatic N) is 1. The molecular weight excluding hydrogens is 240 g/mol. The quantitative estimate of drug-likeness (QED) is 0.806. The van der Waals surface area contributed by atoms with E-state index in [4.69, 9.17) is 23.8 Å². The van der Waals surface area contributed by atoms with Crippen molar-refractivity contribution >= 4 is 34.9 Å². The van der Waals surface area contributed by atoms with Crippen LogP contribution in [0.15, 0.2) is 18.2 Å². The van der Waals surface area contributed by atoms with Crippen LogP contribution in [0, 0.1) is 10.7 Å². The van der Waals surface area contributed by atoms with E-state index in [1.807, 2.05) is 12.1 Å². The molecule has 1 aromatic carbocycles. The van der Waals surface area contributed by atoms with Crippen LogP contribution in [0.25, 0.3) is 11.0 Å². The van der Waals surface area contributed by atoms with Crippen LogP contribution in [-0.2, 0) is 6.54 Å². The number of benzene rings is 1. The molecule has 0 fully saturated rings. The summed E-state index contributed by atoms with van der Waals surface area (Å²) < 4.78 is 2.88. The highest BCUT2D eigenvalue weighted by atomic mass is 35.5. The van der Waals surface area contributed by atoms with Gasteiger partial charge in [0.25, 0.3) is 0 Å². The predicted octanol–water partition coefficient (Wildman–Crippen LogP) is 4.40. The van der Waals surface area contributed by atoms with Gasteiger partial charge in [-0.05, 0) is 30.3 Å². The molecule has 0 saturated carbocycles. The fourth-order valence-corrected chi connectivity index (χ4v) is 2.26. The lowest BCUT2D eigenvalue weighted by Crippen LogP contribution is -2.06. The fraction of sp³-hybridized carbons (Fsp3) is 0.417. The Labute approximate surface area is 105 Å². The number of H-pyrrole nitrogens is 1. The van der Waals surface area contributed by atoms with E-state index in [-0.39, 0.29) is 0 Å². The molecule has 1 N–H and O–H groups in total. The molecule has 1 aromatic heterocycles. The van der Waals surface area contributed by atoms with Crippen molar-refractivity contribution < 1.29 is 0 Å². The molecule has 2 rings (SSSR count). The summed E-state index contributed by atoms with van der Waals surface area (Å²) in [5.41, 5.74) is 2.04. The van der Waals surface area contributed by atoms with E-state index >= 15 is 0 Å². The maximum absolute atomic E-state index is 6.12. The van der Waals surface area contributed by atoms with E-state index in [1.54, 1.807) is 0 Å². The van der Waals surface area contributed by atoms with Crippen LogP contribution in [0.2, 0.25) is 5.02 Å². The first-order chi connectivity index (χ1) is 7.63. The van der Waals surface area contributed by atoms with E-state index in [0.29, 0.717) is 5.92 Å². The van der Waals surface area contributed by atoms with E-state index < -0.39 is 0 Å². The number of rotatable bonds is 3. The van der Waals surface area contributed by atoms with Crippen LogP contribution < -0.4 is 0 Å². The van der Waals surface area contributed by atoms with E-state index in [2.05, 4.69) is 29.5 Å². The number of hydrogen-bond donors (Lipinski definition) is 1. The van der Waals surface area contributed by atoms with E-state index in [0.717, 1.165) is 33.8 Å². The summed E-state index contributed by atoms with van der Waals surface area (Å²) >= 11 is 11.4. The third kappa shape index (κ3) is 2.02. The van der Waals surface area contributed by atoms with Crippen molar-refractivity contribution in [1.82, 2.24) is 9.55 Å². The lowest BCUT2D eigenvalue weighted by molar-refractivity contribution is 0.473. The Morgan fingerprint density at radius 3 is 2.94 bits per heavy atom. The summed E-state index contributed by atoms with van der Waals surface area (Å²) in [5.74, 6) is 0.615. The van der Waals surface area contributed by atoms with Crippen molar-refractivity contribution in [1.29, 1.82) is 0 Å². The second kappa shape index (κ2) is 4.60. The first-order valence-electron chi connectivity index (χ1n) is 5.50. The van der Waals surface area contributed by atoms with E-state index in [1.165, 1.54) is 0 Å². The van der Waals surface area contributed by atoms with Gasteiger partial charge in [0.05, 0.1) is 16.1 Å². The molecule has 0 saturated heterocycles. The normalized spacial score (nSPS) is 13.2. The molecule has 2 aromatic rings. The van der Waals surface area contributed by atoms with Crippen molar-refractivity contribution in [3.63, 3.8) is 0 Å². The molecule has 86 valence electrons. The minimum atomic E-state index is 0.615. The van der Waals surface area contributed by atoms with Crippen molar-refractivity contribution in [3.05, 3.63) is 28.0 Å². The van der Waals surface area contributed by atoms with Gasteiger partial charge >= 0.3 is 0 Å². The zero-order chi connectivity index (χ0) is 11.7. The summed E-state index contributed by atoms with van der Waals surface area (Å²) in [4.78, 5) is 3.17. The minimum absolute atomic E-state index is 0.615. The Kier molecular flexibility index (Phi) is 3.36. The average Bonchev–Trinajstić information content (AvgIpc) is 2.58. The Balaban J connectivity index is 2.57. The number of nitrogens with one attached hydrogen (secondary N) is 1. The molecule has 0 aliphatic rings. The van der Waals surface area contributed by atoms with Crippen molar-refractivity contribution in [3.8, 4) is 0 Å². The third-order valence-electron chi connectivity index (χ3n) is 2.95. The first-order valence-corrected chi connectivity index (χ1v) is 6.29. The first kappa shape index (κ1) is 11.7. The number of halogens is 1. The molecule has 0 amide bonds. The van der Waals surface area contributed by atoms with Crippen LogP contribution in [0.3, 0.4) is 0 Å². The van der Waals surface area contributed by atoms with Gasteiger partial charge in [0, 0.05) is 6.54 Å². The van der Waals surface area contributed by atoms with Gasteiger partial charge in [-0.25, -0.2) is 0 Å². The smallest absolute Gasteiger partial charge is 0.178 e. The third-order valence-corrected chi connectivity index (χ3v) is 3.59. The average molecular weight is 255 g/mol. The summed E-state index contributed by atoms with van der Waals surface area (Å²) in [5, 5.41) is 0.728. The number of para-hydroxylation sites is 1. The summed E-state index contributed by atoms with van der Waals surface area (Å²) in [6.45, 7) is 5.36. The lowest BCUT2D eigenvalue weighted by atomic mass is 10.1. The van der Waals surface area contributed by atoms with Gasteiger partial charge in [-0.3, -0.25) is 0 Å². The Morgan fingerprint density at radius 2 is 2.25 bits per heavy atom. The highest BCUT2D eigenvalue weighted by Crippen LogP contribution is 2.23. The highest BCUT2D eigenvalue weighted by Gasteiger charge is 2.09. The van der Waals surface area contributed by atoms with Crippen molar-refractivity contribution in [2.45, 2.75) is 26.8 Å². The number of aromatic nitrogens is 2. The maximum Gasteiger partial charge on any atom is 0.178 e. The van der Waals surface area contributed by atoms with Crippen LogP contribution in [0.5, 0.6) is 0 Å². The number of imidazole rings is 1. The molecule has 0 aliphatic heterocycles. The molecule has 1 heterocycles. The van der Waals surface area contributed by atoms with Crippen LogP contribution in [0.4, 0.5) is 0 Å². The van der Waals surface area contributed by atoms with Crippen molar-refractivity contribution in [2.75, 3.05) is 0 Å². The molecule has 2 nitrogen and oxygen atoms in total. The van der Waals surface area contributed by atoms with E-state index in [9.17, 15) is 0 Å². The maximum atomic E-state index is 6.12. The predicted molar refractivity (Wildman–Crippen MR) is 71.6 cm³/mol. The monoisotopic (exact) mass is 254 g/mol. The van der Waals surface area contributed by atoms with Gasteiger partial charge in [-0.1, -0.05) is 37.9 Å². The van der Waals surface area contributed by atoms with Gasteiger partial charge in [0.1, 0.15) is 0 Å². The number of hydrogen-bond acceptors (Lipinski definition) is 1. The molecule has 0 bridgehead atoms. The SMILES string of the molecule is CCC(C)Cn1c(=S)[nH]c2c(Cl)cccc21. The number of aromatic amines is 1. The lowest BCUT2D eigenvalue weighted by Gasteiger charge is -2.10. The summed E-state index contributed by atoms with van der Waals surface area (Å²) in [6, 6.07) is 5.89. The fourth-order valence-electron chi connectivity index (χ4n) is 1.77. The summed E-state index contributed by atoms with van der Waals surface area (Å²) in [6.07, 6.45) is 1.15. The molecule has 4 heteroatoms. The van der Waals surface area contributed by atoms with Gasteiger partial charge in [-0.15, -0.1) is 0 Å². The largest absolute Gasteiger partial charge is 0.329 e. The van der Waals surface area contributed by atoms with Gasteiger partial charge < -0.3 is 9.55 Å². The van der Waals surface area contributed by atoms with Gasteiger partial charge in [0.15, 0.2) is 4.77 Å². The van der Waals surface area contributed by atoms with Crippen molar-refractivity contribution in [2.24, 2.45) is 5.92 Å². The molecule has 1 unspecified atom stereocenters. The van der Waals surface area contributed by atoms with Crippen LogP contribution in [-0.4, -0.2) is 9.55 Å². The molecule has 0 radical (unpaired) electrons. The summed E-state index contributed by atoms with van der Waals surface area (Å²) in [7, 11) is 0. The Morgan fingerprint density at radius 1 is 1.50 bits per heavy atom. The topological polar surface area (TPSA) is 20.7 Å². The highest BCUT2D eigenvalue weighted by molar-refractivity contribution is 7.71. The zero-order valence-corrected chi connectivity index (χ0v) is 11.0. The molecule has 1 atom stereocenters. The Hall–Kier alpha value is -0.800. The molecule has 16 heavy (non-hydrogen) atoms. The van der Waals surface area contributed by atoms with Crippen LogP contribution >= 0.6 is 23.8 Å². The minimum Gasteiger partial charge on any atom is -0.329 e. The van der Waals surface area contributed by atoms with Gasteiger partial charge in [-0.2, -0.15) is 0 Å². The molecule has 0 aliphatic carbocycles. The standard InChI is InChI=1S/C12H15ClN2S/c1-3-8(2)7-15-10-6-4-5-9(13)11(10)14-12(15)16/h4-6,8H,3,7H2,1-2H3,(H,14,16). The van der Waals surface area contributed by atoms with Crippen LogP contribution in [0.1, 0.15) is 20.3 Å². The second-order valence-corrected chi connectivity index (χ2v) is 4.98. The van der Waals surface area contributed by atoms with Gasteiger partial charge in [0.2, 0.25) is 0 Å². The zero-order valence-electron chi connectivity index (χ0n) is 9.46. The molecule has 0 spiro atoms. The Bertz CT molecular complexity index is 556.